The molecular weight excluding hydrogens is 222 g/mol. The molecule has 2 unspecified atom stereocenters. The van der Waals surface area contributed by atoms with E-state index in [1.165, 1.54) is 50.8 Å². The van der Waals surface area contributed by atoms with Gasteiger partial charge in [-0.05, 0) is 50.5 Å². The molecule has 1 aliphatic carbocycles. The van der Waals surface area contributed by atoms with Gasteiger partial charge in [-0.25, -0.2) is 0 Å². The van der Waals surface area contributed by atoms with Gasteiger partial charge in [0, 0.05) is 11.3 Å². The summed E-state index contributed by atoms with van der Waals surface area (Å²) >= 11 is 4.02. The lowest BCUT2D eigenvalue weighted by Crippen LogP contribution is -2.40. The second kappa shape index (κ2) is 8.77. The van der Waals surface area contributed by atoms with Crippen LogP contribution < -0.4 is 5.32 Å². The SMILES string of the molecule is CSCCCCNC1CCCCC1SC. The lowest BCUT2D eigenvalue weighted by Gasteiger charge is -2.31. The molecule has 2 atom stereocenters. The van der Waals surface area contributed by atoms with Crippen molar-refractivity contribution in [2.45, 2.75) is 49.8 Å². The van der Waals surface area contributed by atoms with Crippen molar-refractivity contribution >= 4 is 23.5 Å². The van der Waals surface area contributed by atoms with Crippen LogP contribution in [0.5, 0.6) is 0 Å². The van der Waals surface area contributed by atoms with Crippen LogP contribution in [-0.4, -0.2) is 36.1 Å². The highest BCUT2D eigenvalue weighted by Gasteiger charge is 2.23. The quantitative estimate of drug-likeness (QED) is 0.693. The van der Waals surface area contributed by atoms with Crippen LogP contribution in [0.3, 0.4) is 0 Å². The Morgan fingerprint density at radius 1 is 1.13 bits per heavy atom. The molecule has 0 amide bonds. The average molecular weight is 247 g/mol. The lowest BCUT2D eigenvalue weighted by atomic mass is 9.95. The molecule has 0 saturated heterocycles. The summed E-state index contributed by atoms with van der Waals surface area (Å²) < 4.78 is 0. The fourth-order valence-corrected chi connectivity index (χ4v) is 3.73. The molecule has 0 spiro atoms. The Labute approximate surface area is 104 Å². The normalized spacial score (nSPS) is 26.8. The van der Waals surface area contributed by atoms with Gasteiger partial charge in [-0.2, -0.15) is 23.5 Å². The first-order valence-corrected chi connectivity index (χ1v) is 8.81. The summed E-state index contributed by atoms with van der Waals surface area (Å²) in [7, 11) is 0. The van der Waals surface area contributed by atoms with Gasteiger partial charge in [-0.1, -0.05) is 12.8 Å². The van der Waals surface area contributed by atoms with E-state index in [0.717, 1.165) is 11.3 Å². The first-order chi connectivity index (χ1) is 7.38. The van der Waals surface area contributed by atoms with Gasteiger partial charge in [0.15, 0.2) is 0 Å². The summed E-state index contributed by atoms with van der Waals surface area (Å²) in [5.74, 6) is 1.32. The van der Waals surface area contributed by atoms with Crippen LogP contribution in [0.2, 0.25) is 0 Å². The topological polar surface area (TPSA) is 12.0 Å². The molecule has 0 heterocycles. The molecule has 0 aromatic rings. The number of rotatable bonds is 7. The molecule has 0 aromatic carbocycles. The van der Waals surface area contributed by atoms with Gasteiger partial charge in [0.25, 0.3) is 0 Å². The third kappa shape index (κ3) is 5.50. The zero-order valence-electron chi connectivity index (χ0n) is 10.1. The highest BCUT2D eigenvalue weighted by atomic mass is 32.2. The summed E-state index contributed by atoms with van der Waals surface area (Å²) in [5, 5.41) is 4.63. The van der Waals surface area contributed by atoms with Crippen molar-refractivity contribution in [2.24, 2.45) is 0 Å². The molecule has 1 saturated carbocycles. The van der Waals surface area contributed by atoms with E-state index in [2.05, 4.69) is 29.6 Å². The Hall–Kier alpha value is 0.660. The summed E-state index contributed by atoms with van der Waals surface area (Å²) in [4.78, 5) is 0. The Bertz CT molecular complexity index is 153. The molecule has 15 heavy (non-hydrogen) atoms. The van der Waals surface area contributed by atoms with Gasteiger partial charge in [-0.3, -0.25) is 0 Å². The molecule has 3 heteroatoms. The number of unbranched alkanes of at least 4 members (excludes halogenated alkanes) is 1. The van der Waals surface area contributed by atoms with Crippen LogP contribution in [0.1, 0.15) is 38.5 Å². The highest BCUT2D eigenvalue weighted by Crippen LogP contribution is 2.27. The fraction of sp³-hybridized carbons (Fsp3) is 1.00. The third-order valence-electron chi connectivity index (χ3n) is 3.19. The Kier molecular flexibility index (Phi) is 8.02. The molecule has 0 radical (unpaired) electrons. The van der Waals surface area contributed by atoms with Crippen LogP contribution in [0.4, 0.5) is 0 Å². The van der Waals surface area contributed by atoms with Crippen LogP contribution in [0, 0.1) is 0 Å². The fourth-order valence-electron chi connectivity index (χ4n) is 2.27. The zero-order valence-corrected chi connectivity index (χ0v) is 11.8. The maximum absolute atomic E-state index is 3.75. The van der Waals surface area contributed by atoms with Gasteiger partial charge in [0.05, 0.1) is 0 Å². The summed E-state index contributed by atoms with van der Waals surface area (Å²) in [6.45, 7) is 1.22. The number of hydrogen-bond donors (Lipinski definition) is 1. The standard InChI is InChI=1S/C12H25NS2/c1-14-10-6-5-9-13-11-7-3-4-8-12(11)15-2/h11-13H,3-10H2,1-2H3. The zero-order chi connectivity index (χ0) is 10.9. The average Bonchev–Trinajstić information content (AvgIpc) is 2.29. The maximum atomic E-state index is 3.75. The smallest absolute Gasteiger partial charge is 0.0198 e. The van der Waals surface area contributed by atoms with Crippen LogP contribution in [0.15, 0.2) is 0 Å². The van der Waals surface area contributed by atoms with Crippen molar-refractivity contribution in [1.29, 1.82) is 0 Å². The van der Waals surface area contributed by atoms with E-state index in [1.54, 1.807) is 0 Å². The van der Waals surface area contributed by atoms with E-state index >= 15 is 0 Å². The summed E-state index contributed by atoms with van der Waals surface area (Å²) in [6, 6.07) is 0.794. The summed E-state index contributed by atoms with van der Waals surface area (Å²) in [5.41, 5.74) is 0. The first kappa shape index (κ1) is 13.7. The first-order valence-electron chi connectivity index (χ1n) is 6.13. The second-order valence-corrected chi connectivity index (χ2v) is 6.38. The van der Waals surface area contributed by atoms with Gasteiger partial charge in [0.2, 0.25) is 0 Å². The second-order valence-electron chi connectivity index (χ2n) is 4.32. The van der Waals surface area contributed by atoms with Crippen molar-refractivity contribution in [1.82, 2.24) is 5.32 Å². The highest BCUT2D eigenvalue weighted by molar-refractivity contribution is 7.99. The van der Waals surface area contributed by atoms with E-state index in [9.17, 15) is 0 Å². The minimum Gasteiger partial charge on any atom is -0.313 e. The molecule has 0 bridgehead atoms. The van der Waals surface area contributed by atoms with Crippen LogP contribution in [0.25, 0.3) is 0 Å². The molecular formula is C12H25NS2. The molecule has 1 nitrogen and oxygen atoms in total. The van der Waals surface area contributed by atoms with Gasteiger partial charge >= 0.3 is 0 Å². The van der Waals surface area contributed by atoms with Gasteiger partial charge in [0.1, 0.15) is 0 Å². The Morgan fingerprint density at radius 3 is 2.67 bits per heavy atom. The molecule has 1 rings (SSSR count). The molecule has 1 fully saturated rings. The monoisotopic (exact) mass is 247 g/mol. The van der Waals surface area contributed by atoms with Crippen molar-refractivity contribution in [2.75, 3.05) is 24.8 Å². The van der Waals surface area contributed by atoms with Crippen molar-refractivity contribution in [3.63, 3.8) is 0 Å². The van der Waals surface area contributed by atoms with E-state index in [0.29, 0.717) is 0 Å². The number of nitrogens with one attached hydrogen (secondary N) is 1. The molecule has 90 valence electrons. The van der Waals surface area contributed by atoms with Gasteiger partial charge < -0.3 is 5.32 Å². The Morgan fingerprint density at radius 2 is 1.93 bits per heavy atom. The van der Waals surface area contributed by atoms with E-state index in [-0.39, 0.29) is 0 Å². The molecule has 1 aliphatic rings. The minimum atomic E-state index is 0.794. The van der Waals surface area contributed by atoms with Crippen molar-refractivity contribution < 1.29 is 0 Å². The van der Waals surface area contributed by atoms with Crippen molar-refractivity contribution in [3.8, 4) is 0 Å². The third-order valence-corrected chi connectivity index (χ3v) is 5.05. The predicted molar refractivity (Wildman–Crippen MR) is 75.2 cm³/mol. The van der Waals surface area contributed by atoms with E-state index in [4.69, 9.17) is 0 Å². The van der Waals surface area contributed by atoms with E-state index in [1.807, 2.05) is 11.8 Å². The molecule has 0 aliphatic heterocycles. The van der Waals surface area contributed by atoms with Crippen LogP contribution in [-0.2, 0) is 0 Å². The lowest BCUT2D eigenvalue weighted by molar-refractivity contribution is 0.382. The maximum Gasteiger partial charge on any atom is 0.0198 e. The van der Waals surface area contributed by atoms with Crippen molar-refractivity contribution in [3.05, 3.63) is 0 Å². The number of thioether (sulfide) groups is 2. The van der Waals surface area contributed by atoms with Crippen LogP contribution >= 0.6 is 23.5 Å². The minimum absolute atomic E-state index is 0.794. The van der Waals surface area contributed by atoms with E-state index < -0.39 is 0 Å². The number of hydrogen-bond acceptors (Lipinski definition) is 3. The molecule has 1 N–H and O–H groups in total. The Balaban J connectivity index is 2.07. The largest absolute Gasteiger partial charge is 0.313 e. The summed E-state index contributed by atoms with van der Waals surface area (Å²) in [6.07, 6.45) is 12.9. The van der Waals surface area contributed by atoms with Gasteiger partial charge in [-0.15, -0.1) is 0 Å². The molecule has 0 aromatic heterocycles. The predicted octanol–water partition coefficient (Wildman–Crippen LogP) is 3.39.